The van der Waals surface area contributed by atoms with Crippen molar-refractivity contribution in [1.82, 2.24) is 5.32 Å². The van der Waals surface area contributed by atoms with Crippen LogP contribution < -0.4 is 5.32 Å². The van der Waals surface area contributed by atoms with Gasteiger partial charge in [-0.2, -0.15) is 0 Å². The van der Waals surface area contributed by atoms with Crippen LogP contribution in [0.1, 0.15) is 50.2 Å². The summed E-state index contributed by atoms with van der Waals surface area (Å²) in [5.41, 5.74) is 2.97. The number of hydrogen-bond donors (Lipinski definition) is 1. The highest BCUT2D eigenvalue weighted by Gasteiger charge is 2.48. The predicted molar refractivity (Wildman–Crippen MR) is 72.5 cm³/mol. The predicted octanol–water partition coefficient (Wildman–Crippen LogP) is 2.95. The third-order valence-corrected chi connectivity index (χ3v) is 4.76. The second-order valence-corrected chi connectivity index (χ2v) is 5.73. The van der Waals surface area contributed by atoms with E-state index in [2.05, 4.69) is 36.5 Å². The number of amides is 1. The number of carbonyl (C=O) groups is 1. The van der Waals surface area contributed by atoms with Gasteiger partial charge in [-0.05, 0) is 36.8 Å². The van der Waals surface area contributed by atoms with E-state index in [1.165, 1.54) is 30.4 Å². The molecule has 1 amide bonds. The summed E-state index contributed by atoms with van der Waals surface area (Å²) in [6.07, 6.45) is 6.52. The third kappa shape index (κ3) is 1.66. The Kier molecular flexibility index (Phi) is 2.89. The quantitative estimate of drug-likeness (QED) is 0.807. The highest BCUT2D eigenvalue weighted by molar-refractivity contribution is 5.81. The maximum Gasteiger partial charge on any atom is 0.221 e. The molecule has 0 saturated carbocycles. The van der Waals surface area contributed by atoms with E-state index in [0.717, 1.165) is 12.8 Å². The number of aryl methyl sites for hydroxylation is 1. The van der Waals surface area contributed by atoms with Crippen LogP contribution in [-0.4, -0.2) is 11.9 Å². The smallest absolute Gasteiger partial charge is 0.221 e. The number of nitrogens with one attached hydrogen (secondary N) is 1. The Morgan fingerprint density at radius 2 is 2.17 bits per heavy atom. The highest BCUT2D eigenvalue weighted by Crippen LogP contribution is 2.45. The lowest BCUT2D eigenvalue weighted by molar-refractivity contribution is -0.119. The average Bonchev–Trinajstić information content (AvgIpc) is 2.60. The third-order valence-electron chi connectivity index (χ3n) is 4.76. The number of rotatable bonds is 1. The summed E-state index contributed by atoms with van der Waals surface area (Å²) in [4.78, 5) is 11.9. The van der Waals surface area contributed by atoms with Crippen LogP contribution in [0.15, 0.2) is 24.3 Å². The maximum absolute atomic E-state index is 11.9. The Balaban J connectivity index is 2.12. The second kappa shape index (κ2) is 4.42. The van der Waals surface area contributed by atoms with Crippen molar-refractivity contribution in [2.24, 2.45) is 0 Å². The molecular weight excluding hydrogens is 222 g/mol. The Morgan fingerprint density at radius 1 is 1.33 bits per heavy atom. The van der Waals surface area contributed by atoms with Gasteiger partial charge in [-0.25, -0.2) is 0 Å². The summed E-state index contributed by atoms with van der Waals surface area (Å²) in [6.45, 7) is 2.19. The molecule has 0 radical (unpaired) electrons. The van der Waals surface area contributed by atoms with Gasteiger partial charge in [0.1, 0.15) is 0 Å². The lowest BCUT2D eigenvalue weighted by Crippen LogP contribution is -2.40. The molecule has 2 heteroatoms. The number of fused-ring (bicyclic) bond motifs is 2. The van der Waals surface area contributed by atoms with E-state index in [9.17, 15) is 4.79 Å². The molecule has 1 saturated heterocycles. The summed E-state index contributed by atoms with van der Waals surface area (Å²) in [7, 11) is 0. The fraction of sp³-hybridized carbons (Fsp3) is 0.562. The molecule has 0 aromatic heterocycles. The maximum atomic E-state index is 11.9. The van der Waals surface area contributed by atoms with Gasteiger partial charge in [0.2, 0.25) is 5.91 Å². The first kappa shape index (κ1) is 11.8. The van der Waals surface area contributed by atoms with Crippen LogP contribution in [0.25, 0.3) is 0 Å². The van der Waals surface area contributed by atoms with Crippen molar-refractivity contribution in [3.05, 3.63) is 35.4 Å². The molecule has 1 spiro atoms. The van der Waals surface area contributed by atoms with Crippen molar-refractivity contribution in [3.8, 4) is 0 Å². The molecule has 2 atom stereocenters. The molecule has 1 aliphatic carbocycles. The minimum Gasteiger partial charge on any atom is -0.352 e. The number of carbonyl (C=O) groups excluding carboxylic acids is 1. The Bertz CT molecular complexity index is 468. The lowest BCUT2D eigenvalue weighted by atomic mass is 9.70. The van der Waals surface area contributed by atoms with E-state index in [1.54, 1.807) is 0 Å². The Hall–Kier alpha value is -1.31. The first-order chi connectivity index (χ1) is 8.76. The van der Waals surface area contributed by atoms with Crippen molar-refractivity contribution >= 4 is 5.91 Å². The zero-order valence-electron chi connectivity index (χ0n) is 11.0. The number of hydrogen-bond acceptors (Lipinski definition) is 1. The summed E-state index contributed by atoms with van der Waals surface area (Å²) in [6, 6.07) is 9.08. The van der Waals surface area contributed by atoms with E-state index < -0.39 is 0 Å². The van der Waals surface area contributed by atoms with E-state index in [4.69, 9.17) is 0 Å². The van der Waals surface area contributed by atoms with E-state index in [-0.39, 0.29) is 11.3 Å². The molecule has 2 unspecified atom stereocenters. The van der Waals surface area contributed by atoms with Crippen LogP contribution >= 0.6 is 0 Å². The molecule has 3 rings (SSSR count). The van der Waals surface area contributed by atoms with Crippen LogP contribution in [0, 0.1) is 0 Å². The summed E-state index contributed by atoms with van der Waals surface area (Å²) in [5.74, 6) is 0.235. The molecule has 1 fully saturated rings. The van der Waals surface area contributed by atoms with Gasteiger partial charge < -0.3 is 5.32 Å². The van der Waals surface area contributed by atoms with Crippen molar-refractivity contribution in [1.29, 1.82) is 0 Å². The monoisotopic (exact) mass is 243 g/mol. The summed E-state index contributed by atoms with van der Waals surface area (Å²) < 4.78 is 0. The largest absolute Gasteiger partial charge is 0.352 e. The molecule has 1 heterocycles. The zero-order chi connectivity index (χ0) is 12.6. The minimum absolute atomic E-state index is 0.0684. The molecule has 1 N–H and O–H groups in total. The van der Waals surface area contributed by atoms with Crippen LogP contribution in [0.3, 0.4) is 0 Å². The van der Waals surface area contributed by atoms with Crippen molar-refractivity contribution < 1.29 is 4.79 Å². The normalized spacial score (nSPS) is 30.9. The standard InChI is InChI=1S/C16H21NO/c1-2-14-16(11-15(18)17-14)10-6-5-8-12-7-3-4-9-13(12)16/h3-4,7,9,14H,2,5-6,8,10-11H2,1H3,(H,17,18). The van der Waals surface area contributed by atoms with Gasteiger partial charge in [0.15, 0.2) is 0 Å². The van der Waals surface area contributed by atoms with Gasteiger partial charge in [-0.3, -0.25) is 4.79 Å². The average molecular weight is 243 g/mol. The fourth-order valence-corrected chi connectivity index (χ4v) is 3.95. The van der Waals surface area contributed by atoms with Gasteiger partial charge in [-0.15, -0.1) is 0 Å². The van der Waals surface area contributed by atoms with Crippen molar-refractivity contribution in [3.63, 3.8) is 0 Å². The van der Waals surface area contributed by atoms with Crippen molar-refractivity contribution in [2.75, 3.05) is 0 Å². The van der Waals surface area contributed by atoms with Gasteiger partial charge in [-0.1, -0.05) is 37.6 Å². The number of benzene rings is 1. The topological polar surface area (TPSA) is 29.1 Å². The van der Waals surface area contributed by atoms with E-state index in [1.807, 2.05) is 0 Å². The van der Waals surface area contributed by atoms with Gasteiger partial charge >= 0.3 is 0 Å². The SMILES string of the molecule is CCC1NC(=O)CC12CCCCc1ccccc12. The van der Waals surface area contributed by atoms with Crippen LogP contribution in [0.4, 0.5) is 0 Å². The van der Waals surface area contributed by atoms with Crippen LogP contribution in [-0.2, 0) is 16.6 Å². The molecule has 1 aliphatic heterocycles. The zero-order valence-corrected chi connectivity index (χ0v) is 11.0. The molecular formula is C16H21NO. The molecule has 2 nitrogen and oxygen atoms in total. The molecule has 1 aromatic rings. The van der Waals surface area contributed by atoms with Gasteiger partial charge in [0.25, 0.3) is 0 Å². The Morgan fingerprint density at radius 3 is 3.00 bits per heavy atom. The molecule has 2 aliphatic rings. The first-order valence-electron chi connectivity index (χ1n) is 7.14. The molecule has 1 aromatic carbocycles. The van der Waals surface area contributed by atoms with Gasteiger partial charge in [0.05, 0.1) is 0 Å². The fourth-order valence-electron chi connectivity index (χ4n) is 3.95. The van der Waals surface area contributed by atoms with E-state index in [0.29, 0.717) is 12.5 Å². The summed E-state index contributed by atoms with van der Waals surface area (Å²) >= 11 is 0. The second-order valence-electron chi connectivity index (χ2n) is 5.73. The Labute approximate surface area is 109 Å². The van der Waals surface area contributed by atoms with Crippen molar-refractivity contribution in [2.45, 2.75) is 56.9 Å². The lowest BCUT2D eigenvalue weighted by Gasteiger charge is -2.34. The molecule has 96 valence electrons. The van der Waals surface area contributed by atoms with E-state index >= 15 is 0 Å². The minimum atomic E-state index is 0.0684. The molecule has 18 heavy (non-hydrogen) atoms. The highest BCUT2D eigenvalue weighted by atomic mass is 16.2. The molecule has 0 bridgehead atoms. The first-order valence-corrected chi connectivity index (χ1v) is 7.14. The van der Waals surface area contributed by atoms with Crippen LogP contribution in [0.5, 0.6) is 0 Å². The van der Waals surface area contributed by atoms with Gasteiger partial charge in [0, 0.05) is 17.9 Å². The summed E-state index contributed by atoms with van der Waals surface area (Å²) in [5, 5.41) is 3.19. The van der Waals surface area contributed by atoms with Crippen LogP contribution in [0.2, 0.25) is 0 Å².